The van der Waals surface area contributed by atoms with E-state index in [9.17, 15) is 0 Å². The number of nitrogens with one attached hydrogen (secondary N) is 1. The highest BCUT2D eigenvalue weighted by Crippen LogP contribution is 2.27. The Morgan fingerprint density at radius 3 is 2.81 bits per heavy atom. The highest BCUT2D eigenvalue weighted by molar-refractivity contribution is 9.10. The molecule has 0 saturated carbocycles. The molecule has 0 aliphatic carbocycles. The lowest BCUT2D eigenvalue weighted by atomic mass is 10.0. The third-order valence-electron chi connectivity index (χ3n) is 2.43. The summed E-state index contributed by atoms with van der Waals surface area (Å²) in [6.07, 6.45) is 1.89. The first-order valence-electron chi connectivity index (χ1n) is 5.21. The Balaban J connectivity index is 2.77. The smallest absolute Gasteiger partial charge is 0.0551 e. The van der Waals surface area contributed by atoms with Gasteiger partial charge in [0.2, 0.25) is 0 Å². The highest BCUT2D eigenvalue weighted by atomic mass is 79.9. The molecule has 1 atom stereocenters. The van der Waals surface area contributed by atoms with Gasteiger partial charge >= 0.3 is 0 Å². The molecule has 86 valence electrons. The maximum Gasteiger partial charge on any atom is 0.0551 e. The highest BCUT2D eigenvalue weighted by Gasteiger charge is 2.09. The molecule has 0 aliphatic heterocycles. The average Bonchev–Trinajstić information content (AvgIpc) is 2.29. The molecule has 16 heavy (non-hydrogen) atoms. The molecule has 3 heteroatoms. The summed E-state index contributed by atoms with van der Waals surface area (Å²) >= 11 is 9.46. The van der Waals surface area contributed by atoms with Gasteiger partial charge in [-0.2, -0.15) is 0 Å². The molecular formula is C13H15BrClN. The largest absolute Gasteiger partial charge is 0.313 e. The fraction of sp³-hybridized carbons (Fsp3) is 0.385. The summed E-state index contributed by atoms with van der Waals surface area (Å²) in [6.45, 7) is 1.87. The molecule has 1 N–H and O–H groups in total. The van der Waals surface area contributed by atoms with E-state index < -0.39 is 0 Å². The van der Waals surface area contributed by atoms with Gasteiger partial charge in [-0.3, -0.25) is 0 Å². The zero-order chi connectivity index (χ0) is 12.0. The van der Waals surface area contributed by atoms with Gasteiger partial charge in [-0.25, -0.2) is 0 Å². The second-order valence-electron chi connectivity index (χ2n) is 3.48. The van der Waals surface area contributed by atoms with Crippen LogP contribution in [-0.4, -0.2) is 7.05 Å². The van der Waals surface area contributed by atoms with E-state index in [0.29, 0.717) is 6.04 Å². The van der Waals surface area contributed by atoms with E-state index in [1.165, 1.54) is 5.56 Å². The van der Waals surface area contributed by atoms with E-state index in [1.807, 2.05) is 26.1 Å². The molecule has 1 rings (SSSR count). The average molecular weight is 301 g/mol. The van der Waals surface area contributed by atoms with Crippen molar-refractivity contribution in [3.05, 3.63) is 33.3 Å². The molecular weight excluding hydrogens is 286 g/mol. The van der Waals surface area contributed by atoms with Crippen LogP contribution in [0.2, 0.25) is 5.02 Å². The standard InChI is InChI=1S/C13H15BrClN/c1-3-4-5-6-13(16-2)10-7-8-11(14)12(15)9-10/h7-9,13,16H,5-6H2,1-2H3. The van der Waals surface area contributed by atoms with Gasteiger partial charge in [-0.15, -0.1) is 11.8 Å². The minimum absolute atomic E-state index is 0.312. The Morgan fingerprint density at radius 1 is 1.50 bits per heavy atom. The Labute approximate surface area is 111 Å². The van der Waals surface area contributed by atoms with Crippen LogP contribution in [0.25, 0.3) is 0 Å². The maximum atomic E-state index is 6.07. The summed E-state index contributed by atoms with van der Waals surface area (Å²) in [5, 5.41) is 4.03. The normalized spacial score (nSPS) is 11.8. The van der Waals surface area contributed by atoms with E-state index in [4.69, 9.17) is 11.6 Å². The number of halogens is 2. The number of hydrogen-bond acceptors (Lipinski definition) is 1. The number of rotatable bonds is 4. The van der Waals surface area contributed by atoms with Gasteiger partial charge in [-0.1, -0.05) is 17.7 Å². The van der Waals surface area contributed by atoms with Crippen molar-refractivity contribution in [2.24, 2.45) is 0 Å². The summed E-state index contributed by atoms with van der Waals surface area (Å²) < 4.78 is 0.932. The summed E-state index contributed by atoms with van der Waals surface area (Å²) in [4.78, 5) is 0. The van der Waals surface area contributed by atoms with Crippen LogP contribution in [0.4, 0.5) is 0 Å². The Morgan fingerprint density at radius 2 is 2.25 bits per heavy atom. The molecule has 1 aromatic carbocycles. The topological polar surface area (TPSA) is 12.0 Å². The Hall–Kier alpha value is -0.490. The maximum absolute atomic E-state index is 6.07. The van der Waals surface area contributed by atoms with Crippen LogP contribution in [0.5, 0.6) is 0 Å². The second kappa shape index (κ2) is 6.96. The van der Waals surface area contributed by atoms with E-state index in [0.717, 1.165) is 22.3 Å². The molecule has 0 amide bonds. The quantitative estimate of drug-likeness (QED) is 0.823. The molecule has 0 aliphatic rings. The van der Waals surface area contributed by atoms with Crippen molar-refractivity contribution >= 4 is 27.5 Å². The lowest BCUT2D eigenvalue weighted by Crippen LogP contribution is -2.16. The molecule has 1 nitrogen and oxygen atoms in total. The molecule has 0 aromatic heterocycles. The van der Waals surface area contributed by atoms with Crippen LogP contribution in [0, 0.1) is 11.8 Å². The van der Waals surface area contributed by atoms with Gasteiger partial charge in [-0.05, 0) is 54.0 Å². The van der Waals surface area contributed by atoms with Crippen LogP contribution in [-0.2, 0) is 0 Å². The van der Waals surface area contributed by atoms with Gasteiger partial charge in [0.1, 0.15) is 0 Å². The van der Waals surface area contributed by atoms with Crippen LogP contribution < -0.4 is 5.32 Å². The summed E-state index contributed by atoms with van der Waals surface area (Å²) in [7, 11) is 1.96. The van der Waals surface area contributed by atoms with Gasteiger partial charge < -0.3 is 5.32 Å². The molecule has 1 aromatic rings. The number of hydrogen-bond donors (Lipinski definition) is 1. The summed E-state index contributed by atoms with van der Waals surface area (Å²) in [5.41, 5.74) is 1.20. The molecule has 0 spiro atoms. The monoisotopic (exact) mass is 299 g/mol. The van der Waals surface area contributed by atoms with Crippen LogP contribution in [0.1, 0.15) is 31.4 Å². The zero-order valence-electron chi connectivity index (χ0n) is 9.48. The predicted molar refractivity (Wildman–Crippen MR) is 73.6 cm³/mol. The first-order chi connectivity index (χ1) is 7.69. The fourth-order valence-corrected chi connectivity index (χ4v) is 1.98. The van der Waals surface area contributed by atoms with Crippen LogP contribution >= 0.6 is 27.5 Å². The molecule has 0 fully saturated rings. The second-order valence-corrected chi connectivity index (χ2v) is 4.74. The zero-order valence-corrected chi connectivity index (χ0v) is 11.8. The molecule has 1 unspecified atom stereocenters. The SMILES string of the molecule is CC#CCCC(NC)c1ccc(Br)c(Cl)c1. The van der Waals surface area contributed by atoms with Crippen molar-refractivity contribution < 1.29 is 0 Å². The van der Waals surface area contributed by atoms with Gasteiger partial charge in [0.15, 0.2) is 0 Å². The lowest BCUT2D eigenvalue weighted by molar-refractivity contribution is 0.558. The Kier molecular flexibility index (Phi) is 5.90. The molecule has 0 heterocycles. The Bertz CT molecular complexity index is 406. The van der Waals surface area contributed by atoms with Gasteiger partial charge in [0, 0.05) is 16.9 Å². The number of benzene rings is 1. The van der Waals surface area contributed by atoms with Crippen molar-refractivity contribution in [3.8, 4) is 11.8 Å². The first kappa shape index (κ1) is 13.6. The summed E-state index contributed by atoms with van der Waals surface area (Å²) in [5.74, 6) is 5.98. The minimum atomic E-state index is 0.312. The van der Waals surface area contributed by atoms with Crippen molar-refractivity contribution in [1.29, 1.82) is 0 Å². The lowest BCUT2D eigenvalue weighted by Gasteiger charge is -2.15. The third kappa shape index (κ3) is 3.83. The first-order valence-corrected chi connectivity index (χ1v) is 6.38. The van der Waals surface area contributed by atoms with E-state index in [1.54, 1.807) is 0 Å². The van der Waals surface area contributed by atoms with Crippen LogP contribution in [0.3, 0.4) is 0 Å². The molecule has 0 bridgehead atoms. The summed E-state index contributed by atoms with van der Waals surface area (Å²) in [6, 6.07) is 6.36. The van der Waals surface area contributed by atoms with Crippen molar-refractivity contribution in [1.82, 2.24) is 5.32 Å². The van der Waals surface area contributed by atoms with Crippen molar-refractivity contribution in [2.45, 2.75) is 25.8 Å². The minimum Gasteiger partial charge on any atom is -0.313 e. The third-order valence-corrected chi connectivity index (χ3v) is 3.66. The van der Waals surface area contributed by atoms with Crippen LogP contribution in [0.15, 0.2) is 22.7 Å². The van der Waals surface area contributed by atoms with Crippen molar-refractivity contribution in [3.63, 3.8) is 0 Å². The van der Waals surface area contributed by atoms with E-state index in [2.05, 4.69) is 39.2 Å². The molecule has 0 saturated heterocycles. The van der Waals surface area contributed by atoms with E-state index >= 15 is 0 Å². The van der Waals surface area contributed by atoms with Gasteiger partial charge in [0.05, 0.1) is 5.02 Å². The van der Waals surface area contributed by atoms with E-state index in [-0.39, 0.29) is 0 Å². The van der Waals surface area contributed by atoms with Crippen molar-refractivity contribution in [2.75, 3.05) is 7.05 Å². The predicted octanol–water partition coefficient (Wildman–Crippen LogP) is 4.17. The van der Waals surface area contributed by atoms with Gasteiger partial charge in [0.25, 0.3) is 0 Å². The molecule has 0 radical (unpaired) electrons. The fourth-order valence-electron chi connectivity index (χ4n) is 1.55.